The predicted octanol–water partition coefficient (Wildman–Crippen LogP) is 5.67. The van der Waals surface area contributed by atoms with E-state index in [-0.39, 0.29) is 11.2 Å². The Morgan fingerprint density at radius 2 is 1.93 bits per heavy atom. The lowest BCUT2D eigenvalue weighted by Gasteiger charge is -1.95. The summed E-state index contributed by atoms with van der Waals surface area (Å²) in [6.45, 7) is 1.77. The number of benzene rings is 2. The summed E-state index contributed by atoms with van der Waals surface area (Å²) in [5.41, 5.74) is 2.95. The zero-order valence-corrected chi connectivity index (χ0v) is 15.8. The van der Waals surface area contributed by atoms with Crippen molar-refractivity contribution in [3.8, 4) is 16.4 Å². The second-order valence-corrected chi connectivity index (χ2v) is 7.06. The molecule has 8 heteroatoms. The Balaban J connectivity index is 1.67. The molecule has 4 rings (SSSR count). The molecular formula is C19H14ClN5OS. The SMILES string of the molecule is Cc1[nH]n(-c2nc(-c3ccccc3)cs2)c(=O)c1N=Nc1cccc(Cl)c1. The molecule has 0 atom stereocenters. The molecule has 0 aliphatic carbocycles. The number of rotatable bonds is 4. The number of nitrogens with zero attached hydrogens (tertiary/aromatic N) is 4. The van der Waals surface area contributed by atoms with Crippen LogP contribution in [-0.2, 0) is 0 Å². The Kier molecular flexibility index (Phi) is 4.70. The van der Waals surface area contributed by atoms with Crippen LogP contribution in [-0.4, -0.2) is 14.8 Å². The van der Waals surface area contributed by atoms with Gasteiger partial charge in [-0.05, 0) is 25.1 Å². The highest BCUT2D eigenvalue weighted by Crippen LogP contribution is 2.25. The normalized spacial score (nSPS) is 11.3. The molecule has 0 saturated heterocycles. The van der Waals surface area contributed by atoms with E-state index in [4.69, 9.17) is 11.6 Å². The molecule has 2 aromatic heterocycles. The van der Waals surface area contributed by atoms with E-state index in [0.717, 1.165) is 11.3 Å². The monoisotopic (exact) mass is 395 g/mol. The Bertz CT molecular complexity index is 1180. The van der Waals surface area contributed by atoms with Crippen LogP contribution in [0.1, 0.15) is 5.69 Å². The minimum Gasteiger partial charge on any atom is -0.291 e. The van der Waals surface area contributed by atoms with Crippen molar-refractivity contribution in [2.45, 2.75) is 6.92 Å². The lowest BCUT2D eigenvalue weighted by atomic mass is 10.2. The molecule has 2 heterocycles. The van der Waals surface area contributed by atoms with E-state index in [1.807, 2.05) is 35.7 Å². The highest BCUT2D eigenvalue weighted by atomic mass is 35.5. The van der Waals surface area contributed by atoms with Crippen molar-refractivity contribution >= 4 is 34.3 Å². The molecule has 0 amide bonds. The quantitative estimate of drug-likeness (QED) is 0.452. The number of nitrogens with one attached hydrogen (secondary N) is 1. The molecule has 134 valence electrons. The maximum absolute atomic E-state index is 12.7. The van der Waals surface area contributed by atoms with Gasteiger partial charge in [0.15, 0.2) is 5.69 Å². The molecule has 1 N–H and O–H groups in total. The highest BCUT2D eigenvalue weighted by Gasteiger charge is 2.15. The third-order valence-electron chi connectivity index (χ3n) is 3.87. The van der Waals surface area contributed by atoms with Crippen LogP contribution < -0.4 is 5.56 Å². The zero-order chi connectivity index (χ0) is 18.8. The molecule has 0 aliphatic heterocycles. The molecule has 0 spiro atoms. The molecule has 0 saturated carbocycles. The van der Waals surface area contributed by atoms with E-state index in [1.54, 1.807) is 31.2 Å². The highest BCUT2D eigenvalue weighted by molar-refractivity contribution is 7.12. The van der Waals surface area contributed by atoms with Crippen LogP contribution in [0.3, 0.4) is 0 Å². The van der Waals surface area contributed by atoms with Gasteiger partial charge in [-0.25, -0.2) is 4.98 Å². The smallest absolute Gasteiger partial charge is 0.291 e. The summed E-state index contributed by atoms with van der Waals surface area (Å²) in [4.78, 5) is 17.3. The maximum atomic E-state index is 12.7. The van der Waals surface area contributed by atoms with Gasteiger partial charge < -0.3 is 0 Å². The topological polar surface area (TPSA) is 75.4 Å². The number of aromatic nitrogens is 3. The first-order chi connectivity index (χ1) is 13.1. The number of azo groups is 1. The molecule has 0 unspecified atom stereocenters. The second kappa shape index (κ2) is 7.30. The van der Waals surface area contributed by atoms with Gasteiger partial charge >= 0.3 is 5.56 Å². The van der Waals surface area contributed by atoms with Crippen molar-refractivity contribution in [3.63, 3.8) is 0 Å². The van der Waals surface area contributed by atoms with E-state index >= 15 is 0 Å². The van der Waals surface area contributed by atoms with E-state index < -0.39 is 0 Å². The molecule has 0 radical (unpaired) electrons. The third-order valence-corrected chi connectivity index (χ3v) is 4.93. The first-order valence-corrected chi connectivity index (χ1v) is 9.38. The predicted molar refractivity (Wildman–Crippen MR) is 108 cm³/mol. The largest absolute Gasteiger partial charge is 0.301 e. The van der Waals surface area contributed by atoms with E-state index in [2.05, 4.69) is 20.3 Å². The molecular weight excluding hydrogens is 382 g/mol. The fraction of sp³-hybridized carbons (Fsp3) is 0.0526. The molecule has 0 bridgehead atoms. The fourth-order valence-corrected chi connectivity index (χ4v) is 3.52. The summed E-state index contributed by atoms with van der Waals surface area (Å²) in [5, 5.41) is 14.3. The summed E-state index contributed by atoms with van der Waals surface area (Å²) in [6, 6.07) is 16.8. The van der Waals surface area contributed by atoms with Crippen LogP contribution in [0, 0.1) is 6.92 Å². The Morgan fingerprint density at radius 3 is 2.70 bits per heavy atom. The third kappa shape index (κ3) is 3.60. The van der Waals surface area contributed by atoms with E-state index in [1.165, 1.54) is 16.0 Å². The molecule has 4 aromatic rings. The Labute approximate surface area is 163 Å². The van der Waals surface area contributed by atoms with Gasteiger partial charge in [-0.2, -0.15) is 9.80 Å². The number of hydrogen-bond donors (Lipinski definition) is 1. The van der Waals surface area contributed by atoms with Gasteiger partial charge in [0, 0.05) is 16.0 Å². The number of aromatic amines is 1. The van der Waals surface area contributed by atoms with Gasteiger partial charge in [0.2, 0.25) is 5.13 Å². The second-order valence-electron chi connectivity index (χ2n) is 5.79. The van der Waals surface area contributed by atoms with Crippen molar-refractivity contribution in [1.82, 2.24) is 14.8 Å². The van der Waals surface area contributed by atoms with Gasteiger partial charge in [0.1, 0.15) is 0 Å². The van der Waals surface area contributed by atoms with Gasteiger partial charge in [0.25, 0.3) is 0 Å². The zero-order valence-electron chi connectivity index (χ0n) is 14.3. The maximum Gasteiger partial charge on any atom is 0.301 e. The van der Waals surface area contributed by atoms with Crippen LogP contribution in [0.25, 0.3) is 16.4 Å². The average Bonchev–Trinajstić information content (AvgIpc) is 3.26. The molecule has 6 nitrogen and oxygen atoms in total. The van der Waals surface area contributed by atoms with Crippen molar-refractivity contribution in [2.24, 2.45) is 10.2 Å². The Hall–Kier alpha value is -3.03. The van der Waals surface area contributed by atoms with Crippen LogP contribution in [0.2, 0.25) is 5.02 Å². The summed E-state index contributed by atoms with van der Waals surface area (Å²) < 4.78 is 1.39. The molecule has 0 fully saturated rings. The van der Waals surface area contributed by atoms with E-state index in [0.29, 0.717) is 21.5 Å². The minimum absolute atomic E-state index is 0.242. The molecule has 0 aliphatic rings. The lowest BCUT2D eigenvalue weighted by molar-refractivity contribution is 0.827. The Morgan fingerprint density at radius 1 is 1.11 bits per heavy atom. The van der Waals surface area contributed by atoms with Crippen molar-refractivity contribution in [3.05, 3.63) is 81.0 Å². The van der Waals surface area contributed by atoms with Gasteiger partial charge in [-0.3, -0.25) is 9.89 Å². The minimum atomic E-state index is -0.299. The van der Waals surface area contributed by atoms with Crippen LogP contribution in [0.15, 0.2) is 75.0 Å². The van der Waals surface area contributed by atoms with Gasteiger partial charge in [-0.15, -0.1) is 16.5 Å². The van der Waals surface area contributed by atoms with Crippen molar-refractivity contribution in [1.29, 1.82) is 0 Å². The summed E-state index contributed by atoms with van der Waals surface area (Å²) in [7, 11) is 0. The molecule has 2 aromatic carbocycles. The summed E-state index contributed by atoms with van der Waals surface area (Å²) >= 11 is 7.33. The van der Waals surface area contributed by atoms with Gasteiger partial charge in [0.05, 0.1) is 17.1 Å². The van der Waals surface area contributed by atoms with Crippen LogP contribution in [0.4, 0.5) is 11.4 Å². The first kappa shape index (κ1) is 17.4. The fourth-order valence-electron chi connectivity index (χ4n) is 2.54. The van der Waals surface area contributed by atoms with Crippen LogP contribution in [0.5, 0.6) is 0 Å². The summed E-state index contributed by atoms with van der Waals surface area (Å²) in [6.07, 6.45) is 0. The first-order valence-electron chi connectivity index (χ1n) is 8.12. The summed E-state index contributed by atoms with van der Waals surface area (Å²) in [5.74, 6) is 0. The number of halogens is 1. The number of hydrogen-bond acceptors (Lipinski definition) is 5. The van der Waals surface area contributed by atoms with Crippen LogP contribution >= 0.6 is 22.9 Å². The number of aryl methyl sites for hydroxylation is 1. The number of thiazole rings is 1. The number of H-pyrrole nitrogens is 1. The van der Waals surface area contributed by atoms with Crippen molar-refractivity contribution < 1.29 is 0 Å². The van der Waals surface area contributed by atoms with Gasteiger partial charge in [-0.1, -0.05) is 48.0 Å². The standard InChI is InChI=1S/C19H14ClN5OS/c1-12-17(23-22-15-9-5-8-14(20)10-15)18(26)25(24-12)19-21-16(11-27-19)13-6-3-2-4-7-13/h2-11,24H,1H3. The molecule has 27 heavy (non-hydrogen) atoms. The van der Waals surface area contributed by atoms with Crippen molar-refractivity contribution in [2.75, 3.05) is 0 Å². The average molecular weight is 396 g/mol. The lowest BCUT2D eigenvalue weighted by Crippen LogP contribution is -2.13. The van der Waals surface area contributed by atoms with E-state index in [9.17, 15) is 4.79 Å².